The summed E-state index contributed by atoms with van der Waals surface area (Å²) in [6, 6.07) is 0. The van der Waals surface area contributed by atoms with Crippen LogP contribution in [0.4, 0.5) is 0 Å². The highest BCUT2D eigenvalue weighted by Crippen LogP contribution is 2.14. The minimum absolute atomic E-state index is 0.0295. The van der Waals surface area contributed by atoms with Gasteiger partial charge in [-0.25, -0.2) is 0 Å². The number of amidine groups is 1. The smallest absolute Gasteiger partial charge is 0.126 e. The van der Waals surface area contributed by atoms with Gasteiger partial charge >= 0.3 is 0 Å². The Morgan fingerprint density at radius 2 is 1.85 bits per heavy atom. The van der Waals surface area contributed by atoms with Crippen molar-refractivity contribution in [1.29, 1.82) is 5.41 Å². The molecule has 0 aromatic carbocycles. The molecule has 1 aliphatic rings. The fourth-order valence-electron chi connectivity index (χ4n) is 1.84. The van der Waals surface area contributed by atoms with Crippen molar-refractivity contribution in [3.05, 3.63) is 0 Å². The summed E-state index contributed by atoms with van der Waals surface area (Å²) in [5.74, 6) is 1.05. The second-order valence-electron chi connectivity index (χ2n) is 3.98. The predicted molar refractivity (Wildman–Crippen MR) is 54.2 cm³/mol. The zero-order valence-electron chi connectivity index (χ0n) is 8.84. The fraction of sp³-hybridized carbons (Fsp3) is 0.900. The lowest BCUT2D eigenvalue weighted by Gasteiger charge is -2.27. The van der Waals surface area contributed by atoms with E-state index in [1.165, 1.54) is 12.8 Å². The molecule has 0 amide bonds. The van der Waals surface area contributed by atoms with Crippen molar-refractivity contribution in [2.45, 2.75) is 32.8 Å². The normalized spacial score (nSPS) is 19.5. The van der Waals surface area contributed by atoms with E-state index in [2.05, 4.69) is 18.7 Å². The van der Waals surface area contributed by atoms with E-state index in [0.29, 0.717) is 11.8 Å². The molecule has 0 aliphatic carbocycles. The van der Waals surface area contributed by atoms with Gasteiger partial charge in [0.25, 0.3) is 0 Å². The van der Waals surface area contributed by atoms with Gasteiger partial charge in [0.05, 0.1) is 0 Å². The summed E-state index contributed by atoms with van der Waals surface area (Å²) >= 11 is 0. The lowest BCUT2D eigenvalue weighted by Crippen LogP contribution is -2.40. The third kappa shape index (κ3) is 2.44. The third-order valence-corrected chi connectivity index (χ3v) is 2.58. The molecule has 1 rings (SSSR count). The molecule has 0 saturated carbocycles. The van der Waals surface area contributed by atoms with Crippen LogP contribution in [-0.2, 0) is 4.74 Å². The zero-order valence-corrected chi connectivity index (χ0v) is 8.84. The number of methoxy groups -OCH3 is 1. The molecule has 1 fully saturated rings. The highest BCUT2D eigenvalue weighted by molar-refractivity contribution is 5.84. The first kappa shape index (κ1) is 10.5. The lowest BCUT2D eigenvalue weighted by atomic mass is 10.1. The van der Waals surface area contributed by atoms with Crippen LogP contribution in [0.25, 0.3) is 0 Å². The maximum absolute atomic E-state index is 7.97. The molecule has 3 heteroatoms. The highest BCUT2D eigenvalue weighted by Gasteiger charge is 2.24. The molecule has 1 saturated heterocycles. The molecule has 13 heavy (non-hydrogen) atoms. The summed E-state index contributed by atoms with van der Waals surface area (Å²) in [4.78, 5) is 2.13. The van der Waals surface area contributed by atoms with Crippen LogP contribution in [0.15, 0.2) is 0 Å². The summed E-state index contributed by atoms with van der Waals surface area (Å²) in [5, 5.41) is 7.97. The average Bonchev–Trinajstić information content (AvgIpc) is 2.56. The first-order valence-corrected chi connectivity index (χ1v) is 5.03. The molecule has 0 spiro atoms. The van der Waals surface area contributed by atoms with Crippen molar-refractivity contribution in [3.63, 3.8) is 0 Å². The standard InChI is InChI=1S/C10H20N2O/c1-8(2)9(13-3)10(11)12-6-4-5-7-12/h8-9,11H,4-7H2,1-3H3. The van der Waals surface area contributed by atoms with Crippen molar-refractivity contribution in [3.8, 4) is 0 Å². The van der Waals surface area contributed by atoms with Crippen molar-refractivity contribution in [2.75, 3.05) is 20.2 Å². The average molecular weight is 184 g/mol. The third-order valence-electron chi connectivity index (χ3n) is 2.58. The van der Waals surface area contributed by atoms with Gasteiger partial charge in [0.15, 0.2) is 0 Å². The van der Waals surface area contributed by atoms with E-state index < -0.39 is 0 Å². The van der Waals surface area contributed by atoms with E-state index in [9.17, 15) is 0 Å². The Morgan fingerprint density at radius 1 is 1.31 bits per heavy atom. The number of ether oxygens (including phenoxy) is 1. The lowest BCUT2D eigenvalue weighted by molar-refractivity contribution is 0.107. The fourth-order valence-corrected chi connectivity index (χ4v) is 1.84. The van der Waals surface area contributed by atoms with Gasteiger partial charge < -0.3 is 9.64 Å². The molecule has 1 heterocycles. The Bertz CT molecular complexity index is 174. The van der Waals surface area contributed by atoms with Crippen molar-refractivity contribution >= 4 is 5.84 Å². The molecule has 1 aliphatic heterocycles. The number of rotatable bonds is 3. The number of nitrogens with zero attached hydrogens (tertiary/aromatic N) is 1. The molecule has 3 nitrogen and oxygen atoms in total. The van der Waals surface area contributed by atoms with Crippen molar-refractivity contribution in [2.24, 2.45) is 5.92 Å². The van der Waals surface area contributed by atoms with Gasteiger partial charge in [-0.2, -0.15) is 0 Å². The number of hydrogen-bond donors (Lipinski definition) is 1. The van der Waals surface area contributed by atoms with Crippen LogP contribution in [0.2, 0.25) is 0 Å². The summed E-state index contributed by atoms with van der Waals surface area (Å²) in [6.07, 6.45) is 2.41. The van der Waals surface area contributed by atoms with Crippen molar-refractivity contribution < 1.29 is 4.74 Å². The summed E-state index contributed by atoms with van der Waals surface area (Å²) in [5.41, 5.74) is 0. The Kier molecular flexibility index (Phi) is 3.72. The molecular weight excluding hydrogens is 164 g/mol. The van der Waals surface area contributed by atoms with Crippen LogP contribution >= 0.6 is 0 Å². The van der Waals surface area contributed by atoms with Gasteiger partial charge in [0.2, 0.25) is 0 Å². The molecule has 76 valence electrons. The maximum Gasteiger partial charge on any atom is 0.126 e. The zero-order chi connectivity index (χ0) is 9.84. The molecule has 0 radical (unpaired) electrons. The van der Waals surface area contributed by atoms with E-state index >= 15 is 0 Å². The van der Waals surface area contributed by atoms with E-state index in [0.717, 1.165) is 13.1 Å². The molecule has 1 atom stereocenters. The van der Waals surface area contributed by atoms with E-state index in [1.54, 1.807) is 7.11 Å². The van der Waals surface area contributed by atoms with Crippen LogP contribution in [0.1, 0.15) is 26.7 Å². The Balaban J connectivity index is 2.52. The molecule has 0 aromatic rings. The van der Waals surface area contributed by atoms with Gasteiger partial charge in [-0.15, -0.1) is 0 Å². The SMILES string of the molecule is COC(C(=N)N1CCCC1)C(C)C. The Labute approximate surface area is 80.6 Å². The highest BCUT2D eigenvalue weighted by atomic mass is 16.5. The number of likely N-dealkylation sites (tertiary alicyclic amines) is 1. The van der Waals surface area contributed by atoms with Crippen molar-refractivity contribution in [1.82, 2.24) is 4.90 Å². The molecule has 0 aromatic heterocycles. The first-order chi connectivity index (χ1) is 6.16. The first-order valence-electron chi connectivity index (χ1n) is 5.03. The van der Waals surface area contributed by atoms with Gasteiger partial charge in [0, 0.05) is 20.2 Å². The van der Waals surface area contributed by atoms with E-state index in [-0.39, 0.29) is 6.10 Å². The largest absolute Gasteiger partial charge is 0.373 e. The molecule has 0 bridgehead atoms. The summed E-state index contributed by atoms with van der Waals surface area (Å²) < 4.78 is 5.32. The topological polar surface area (TPSA) is 36.3 Å². The number of nitrogens with one attached hydrogen (secondary N) is 1. The van der Waals surface area contributed by atoms with Gasteiger partial charge in [-0.1, -0.05) is 13.8 Å². The van der Waals surface area contributed by atoms with Crippen LogP contribution in [0, 0.1) is 11.3 Å². The van der Waals surface area contributed by atoms with Crippen LogP contribution < -0.4 is 0 Å². The second-order valence-corrected chi connectivity index (χ2v) is 3.98. The molecule has 1 unspecified atom stereocenters. The van der Waals surface area contributed by atoms with Crippen LogP contribution in [0.5, 0.6) is 0 Å². The minimum atomic E-state index is -0.0295. The van der Waals surface area contributed by atoms with Gasteiger partial charge in [-0.3, -0.25) is 5.41 Å². The van der Waals surface area contributed by atoms with Gasteiger partial charge in [0.1, 0.15) is 11.9 Å². The Hall–Kier alpha value is -0.570. The van der Waals surface area contributed by atoms with E-state index in [1.807, 2.05) is 0 Å². The molecular formula is C10H20N2O. The molecule has 1 N–H and O–H groups in total. The quantitative estimate of drug-likeness (QED) is 0.535. The summed E-state index contributed by atoms with van der Waals surface area (Å²) in [7, 11) is 1.69. The maximum atomic E-state index is 7.97. The monoisotopic (exact) mass is 184 g/mol. The van der Waals surface area contributed by atoms with Gasteiger partial charge in [-0.05, 0) is 18.8 Å². The summed E-state index contributed by atoms with van der Waals surface area (Å²) in [6.45, 7) is 6.26. The second kappa shape index (κ2) is 4.61. The van der Waals surface area contributed by atoms with E-state index in [4.69, 9.17) is 10.1 Å². The van der Waals surface area contributed by atoms with Crippen LogP contribution in [-0.4, -0.2) is 37.0 Å². The Morgan fingerprint density at radius 3 is 2.23 bits per heavy atom. The minimum Gasteiger partial charge on any atom is -0.373 e. The van der Waals surface area contributed by atoms with Crippen LogP contribution in [0.3, 0.4) is 0 Å². The predicted octanol–water partition coefficient (Wildman–Crippen LogP) is 1.73. The number of hydrogen-bond acceptors (Lipinski definition) is 2.